The van der Waals surface area contributed by atoms with Crippen molar-refractivity contribution in [3.05, 3.63) is 82.9 Å². The number of nitrogens with one attached hydrogen (secondary N) is 2. The largest absolute Gasteiger partial charge is 0.465 e. The number of benzene rings is 3. The number of carbonyl (C=O) groups is 2. The summed E-state index contributed by atoms with van der Waals surface area (Å²) in [6, 6.07) is 14.1. The minimum absolute atomic E-state index is 0.0140. The summed E-state index contributed by atoms with van der Waals surface area (Å²) < 4.78 is 49.9. The summed E-state index contributed by atoms with van der Waals surface area (Å²) in [4.78, 5) is 24.4. The Morgan fingerprint density at radius 3 is 2.03 bits per heavy atom. The molecule has 0 atom stereocenters. The van der Waals surface area contributed by atoms with E-state index >= 15 is 0 Å². The first kappa shape index (κ1) is 24.6. The third-order valence-corrected chi connectivity index (χ3v) is 4.94. The maximum absolute atomic E-state index is 13.4. The van der Waals surface area contributed by atoms with E-state index < -0.39 is 23.7 Å². The smallest absolute Gasteiger partial charge is 0.416 e. The van der Waals surface area contributed by atoms with Crippen molar-refractivity contribution in [3.63, 3.8) is 0 Å². The van der Waals surface area contributed by atoms with E-state index in [0.717, 1.165) is 12.1 Å². The summed E-state index contributed by atoms with van der Waals surface area (Å²) >= 11 is 0. The van der Waals surface area contributed by atoms with Crippen LogP contribution in [0.15, 0.2) is 60.7 Å². The minimum Gasteiger partial charge on any atom is -0.465 e. The first-order chi connectivity index (χ1) is 16.2. The van der Waals surface area contributed by atoms with Crippen molar-refractivity contribution in [1.29, 1.82) is 0 Å². The normalized spacial score (nSPS) is 11.0. The monoisotopic (exact) mass is 473 g/mol. The Balaban J connectivity index is 2.10. The minimum atomic E-state index is -4.60. The number of hydrogen-bond acceptors (Lipinski definition) is 7. The average Bonchev–Trinajstić information content (AvgIpc) is 2.84. The first-order valence-electron chi connectivity index (χ1n) is 10.0. The Kier molecular flexibility index (Phi) is 7.42. The highest BCUT2D eigenvalue weighted by Gasteiger charge is 2.31. The molecular formula is C24H22F3N3O4. The van der Waals surface area contributed by atoms with Gasteiger partial charge in [0.15, 0.2) is 0 Å². The van der Waals surface area contributed by atoms with Crippen molar-refractivity contribution >= 4 is 34.7 Å². The van der Waals surface area contributed by atoms with Crippen LogP contribution in [0.5, 0.6) is 0 Å². The lowest BCUT2D eigenvalue weighted by molar-refractivity contribution is -0.137. The van der Waals surface area contributed by atoms with Gasteiger partial charge in [0.2, 0.25) is 0 Å². The Morgan fingerprint density at radius 1 is 0.794 bits per heavy atom. The zero-order chi connectivity index (χ0) is 24.9. The van der Waals surface area contributed by atoms with Gasteiger partial charge in [-0.1, -0.05) is 18.2 Å². The van der Waals surface area contributed by atoms with Crippen LogP contribution in [0.25, 0.3) is 0 Å². The van der Waals surface area contributed by atoms with Crippen molar-refractivity contribution in [2.75, 3.05) is 24.9 Å². The van der Waals surface area contributed by atoms with Crippen molar-refractivity contribution in [2.24, 2.45) is 5.73 Å². The third-order valence-electron chi connectivity index (χ3n) is 4.94. The third kappa shape index (κ3) is 5.46. The molecule has 0 fully saturated rings. The molecule has 3 aromatic carbocycles. The zero-order valence-electron chi connectivity index (χ0n) is 18.3. The molecule has 7 nitrogen and oxygen atoms in total. The number of halogens is 3. The number of rotatable bonds is 7. The molecule has 178 valence electrons. The van der Waals surface area contributed by atoms with Gasteiger partial charge in [0.1, 0.15) is 0 Å². The Bertz CT molecular complexity index is 1210. The molecule has 0 radical (unpaired) electrons. The molecule has 0 amide bonds. The Morgan fingerprint density at radius 2 is 1.38 bits per heavy atom. The zero-order valence-corrected chi connectivity index (χ0v) is 18.3. The van der Waals surface area contributed by atoms with Crippen molar-refractivity contribution < 1.29 is 32.2 Å². The van der Waals surface area contributed by atoms with E-state index in [0.29, 0.717) is 11.3 Å². The van der Waals surface area contributed by atoms with Crippen LogP contribution in [0.2, 0.25) is 0 Å². The van der Waals surface area contributed by atoms with E-state index in [-0.39, 0.29) is 34.7 Å². The lowest BCUT2D eigenvalue weighted by Crippen LogP contribution is -2.11. The van der Waals surface area contributed by atoms with E-state index in [1.165, 1.54) is 38.5 Å². The number of esters is 2. The topological polar surface area (TPSA) is 103 Å². The van der Waals surface area contributed by atoms with E-state index in [1.54, 1.807) is 24.3 Å². The number of hydrogen-bond donors (Lipinski definition) is 3. The molecule has 34 heavy (non-hydrogen) atoms. The molecular weight excluding hydrogens is 451 g/mol. The van der Waals surface area contributed by atoms with E-state index in [9.17, 15) is 22.8 Å². The van der Waals surface area contributed by atoms with Gasteiger partial charge in [0.25, 0.3) is 0 Å². The number of para-hydroxylation sites is 1. The van der Waals surface area contributed by atoms with Gasteiger partial charge in [0.05, 0.1) is 53.7 Å². The van der Waals surface area contributed by atoms with Gasteiger partial charge in [-0.25, -0.2) is 9.59 Å². The maximum atomic E-state index is 13.4. The molecule has 0 aromatic heterocycles. The Labute approximate surface area is 193 Å². The average molecular weight is 473 g/mol. The highest BCUT2D eigenvalue weighted by Crippen LogP contribution is 2.37. The van der Waals surface area contributed by atoms with E-state index in [4.69, 9.17) is 15.2 Å². The molecule has 3 rings (SSSR count). The predicted molar refractivity (Wildman–Crippen MR) is 121 cm³/mol. The molecule has 0 aliphatic carbocycles. The SMILES string of the molecule is COC(=O)c1ccccc1Nc1ccc(C(F)(F)F)cc1Nc1ccc(CN)cc1C(=O)OC. The summed E-state index contributed by atoms with van der Waals surface area (Å²) in [5.41, 5.74) is 6.45. The molecule has 0 saturated carbocycles. The van der Waals surface area contributed by atoms with Crippen LogP contribution in [-0.4, -0.2) is 26.2 Å². The van der Waals surface area contributed by atoms with Gasteiger partial charge in [-0.15, -0.1) is 0 Å². The van der Waals surface area contributed by atoms with Crippen LogP contribution in [-0.2, 0) is 22.2 Å². The molecule has 10 heteroatoms. The van der Waals surface area contributed by atoms with Crippen molar-refractivity contribution in [2.45, 2.75) is 12.7 Å². The van der Waals surface area contributed by atoms with Crippen LogP contribution in [0.1, 0.15) is 31.8 Å². The van der Waals surface area contributed by atoms with Crippen LogP contribution >= 0.6 is 0 Å². The van der Waals surface area contributed by atoms with Crippen molar-refractivity contribution in [3.8, 4) is 0 Å². The van der Waals surface area contributed by atoms with Gasteiger partial charge in [-0.2, -0.15) is 13.2 Å². The van der Waals surface area contributed by atoms with Crippen LogP contribution in [0.3, 0.4) is 0 Å². The van der Waals surface area contributed by atoms with Gasteiger partial charge in [0, 0.05) is 6.54 Å². The molecule has 0 aliphatic rings. The van der Waals surface area contributed by atoms with Crippen LogP contribution in [0.4, 0.5) is 35.9 Å². The Hall–Kier alpha value is -4.05. The van der Waals surface area contributed by atoms with Gasteiger partial charge in [-0.3, -0.25) is 0 Å². The number of nitrogens with two attached hydrogens (primary N) is 1. The number of carbonyl (C=O) groups excluding carboxylic acids is 2. The number of ether oxygens (including phenoxy) is 2. The molecule has 0 aliphatic heterocycles. The predicted octanol–water partition coefficient (Wildman–Crippen LogP) is 5.22. The van der Waals surface area contributed by atoms with E-state index in [2.05, 4.69) is 10.6 Å². The van der Waals surface area contributed by atoms with Crippen LogP contribution in [0, 0.1) is 0 Å². The van der Waals surface area contributed by atoms with E-state index in [1.807, 2.05) is 0 Å². The summed E-state index contributed by atoms with van der Waals surface area (Å²) in [5.74, 6) is -1.30. The van der Waals surface area contributed by atoms with Gasteiger partial charge < -0.3 is 25.8 Å². The lowest BCUT2D eigenvalue weighted by Gasteiger charge is -2.19. The highest BCUT2D eigenvalue weighted by atomic mass is 19.4. The molecule has 0 spiro atoms. The second kappa shape index (κ2) is 10.3. The fourth-order valence-electron chi connectivity index (χ4n) is 3.21. The summed E-state index contributed by atoms with van der Waals surface area (Å²) in [6.45, 7) is 0.158. The fourth-order valence-corrected chi connectivity index (χ4v) is 3.21. The summed E-state index contributed by atoms with van der Waals surface area (Å²) in [6.07, 6.45) is -4.60. The second-order valence-corrected chi connectivity index (χ2v) is 7.12. The fraction of sp³-hybridized carbons (Fsp3) is 0.167. The highest BCUT2D eigenvalue weighted by molar-refractivity contribution is 5.99. The van der Waals surface area contributed by atoms with Crippen molar-refractivity contribution in [1.82, 2.24) is 0 Å². The molecule has 4 N–H and O–H groups in total. The molecule has 3 aromatic rings. The molecule has 0 bridgehead atoms. The molecule has 0 unspecified atom stereocenters. The second-order valence-electron chi connectivity index (χ2n) is 7.12. The summed E-state index contributed by atoms with van der Waals surface area (Å²) in [7, 11) is 2.42. The van der Waals surface area contributed by atoms with Crippen LogP contribution < -0.4 is 16.4 Å². The first-order valence-corrected chi connectivity index (χ1v) is 10.0. The standard InChI is InChI=1S/C24H22F3N3O4/c1-33-22(31)16-5-3-4-6-18(16)29-20-10-8-15(24(25,26)27)12-21(20)30-19-9-7-14(13-28)11-17(19)23(32)34-2/h3-12,29-30H,13,28H2,1-2H3. The maximum Gasteiger partial charge on any atom is 0.416 e. The van der Waals surface area contributed by atoms with Gasteiger partial charge in [-0.05, 0) is 48.0 Å². The summed E-state index contributed by atoms with van der Waals surface area (Å²) in [5, 5.41) is 5.86. The quantitative estimate of drug-likeness (QED) is 0.404. The van der Waals surface area contributed by atoms with Gasteiger partial charge >= 0.3 is 18.1 Å². The molecule has 0 heterocycles. The number of alkyl halides is 3. The number of methoxy groups -OCH3 is 2. The lowest BCUT2D eigenvalue weighted by atomic mass is 10.1. The molecule has 0 saturated heterocycles. The number of anilines is 4.